The number of fused-ring (bicyclic) bond motifs is 1. The van der Waals surface area contributed by atoms with E-state index in [0.29, 0.717) is 16.3 Å². The number of oxime groups is 1. The van der Waals surface area contributed by atoms with Gasteiger partial charge in [0.25, 0.3) is 10.1 Å². The van der Waals surface area contributed by atoms with Gasteiger partial charge in [0.2, 0.25) is 0 Å². The summed E-state index contributed by atoms with van der Waals surface area (Å²) in [6, 6.07) is 6.91. The summed E-state index contributed by atoms with van der Waals surface area (Å²) in [4.78, 5) is 5.06. The van der Waals surface area contributed by atoms with Crippen LogP contribution in [0, 0.1) is 0 Å². The summed E-state index contributed by atoms with van der Waals surface area (Å²) in [6.45, 7) is 0.00442. The highest BCUT2D eigenvalue weighted by atomic mass is 35.5. The standard InChI is InChI=1S/C10H8ClNO4S/c11-7-4-2-1-3-6(7)9-10-8(16-12-9)5-15-17(10,13)14/h1-4,8,10H,5H2. The van der Waals surface area contributed by atoms with Gasteiger partial charge in [0.05, 0.1) is 0 Å². The second-order valence-electron chi connectivity index (χ2n) is 3.80. The molecule has 5 nitrogen and oxygen atoms in total. The molecule has 2 unspecified atom stereocenters. The van der Waals surface area contributed by atoms with Crippen LogP contribution >= 0.6 is 11.6 Å². The molecule has 2 heterocycles. The Morgan fingerprint density at radius 1 is 1.35 bits per heavy atom. The van der Waals surface area contributed by atoms with Crippen LogP contribution in [0.2, 0.25) is 5.02 Å². The Morgan fingerprint density at radius 2 is 2.12 bits per heavy atom. The minimum Gasteiger partial charge on any atom is -0.388 e. The molecule has 2 aliphatic rings. The Labute approximate surface area is 103 Å². The molecule has 3 rings (SSSR count). The molecule has 0 amide bonds. The van der Waals surface area contributed by atoms with E-state index in [1.54, 1.807) is 24.3 Å². The maximum atomic E-state index is 11.7. The molecule has 0 bridgehead atoms. The zero-order chi connectivity index (χ0) is 12.0. The van der Waals surface area contributed by atoms with E-state index >= 15 is 0 Å². The van der Waals surface area contributed by atoms with Crippen LogP contribution < -0.4 is 0 Å². The van der Waals surface area contributed by atoms with Gasteiger partial charge in [-0.3, -0.25) is 4.18 Å². The number of benzene rings is 1. The summed E-state index contributed by atoms with van der Waals surface area (Å²) in [7, 11) is -3.65. The molecule has 0 saturated carbocycles. The Bertz CT molecular complexity index is 598. The summed E-state index contributed by atoms with van der Waals surface area (Å²) in [6.07, 6.45) is -0.564. The first-order valence-electron chi connectivity index (χ1n) is 4.96. The number of halogens is 1. The fourth-order valence-corrected chi connectivity index (χ4v) is 3.60. The number of rotatable bonds is 1. The van der Waals surface area contributed by atoms with Crippen LogP contribution in [0.4, 0.5) is 0 Å². The molecule has 1 aromatic rings. The average molecular weight is 274 g/mol. The second-order valence-corrected chi connectivity index (χ2v) is 5.93. The molecule has 90 valence electrons. The van der Waals surface area contributed by atoms with Crippen molar-refractivity contribution in [1.82, 2.24) is 0 Å². The lowest BCUT2D eigenvalue weighted by atomic mass is 10.0. The van der Waals surface area contributed by atoms with E-state index in [1.165, 1.54) is 0 Å². The van der Waals surface area contributed by atoms with Gasteiger partial charge in [-0.2, -0.15) is 8.42 Å². The summed E-state index contributed by atoms with van der Waals surface area (Å²) < 4.78 is 28.1. The Hall–Kier alpha value is -1.11. The van der Waals surface area contributed by atoms with Crippen LogP contribution in [0.25, 0.3) is 0 Å². The highest BCUT2D eigenvalue weighted by molar-refractivity contribution is 7.88. The first-order valence-corrected chi connectivity index (χ1v) is 6.81. The van der Waals surface area contributed by atoms with E-state index in [-0.39, 0.29) is 6.61 Å². The smallest absolute Gasteiger partial charge is 0.280 e. The Morgan fingerprint density at radius 3 is 2.88 bits per heavy atom. The van der Waals surface area contributed by atoms with Gasteiger partial charge in [-0.25, -0.2) is 0 Å². The van der Waals surface area contributed by atoms with Crippen molar-refractivity contribution >= 4 is 27.4 Å². The zero-order valence-electron chi connectivity index (χ0n) is 8.54. The SMILES string of the molecule is O=S1(=O)OCC2ON=C(c3ccccc3Cl)C21. The van der Waals surface area contributed by atoms with E-state index in [9.17, 15) is 8.42 Å². The number of hydrogen-bond donors (Lipinski definition) is 0. The van der Waals surface area contributed by atoms with Crippen LogP contribution in [0.1, 0.15) is 5.56 Å². The van der Waals surface area contributed by atoms with Crippen LogP contribution in [0.3, 0.4) is 0 Å². The van der Waals surface area contributed by atoms with E-state index in [0.717, 1.165) is 0 Å². The minimum absolute atomic E-state index is 0.00442. The predicted octanol–water partition coefficient (Wildman–Crippen LogP) is 1.17. The first kappa shape index (κ1) is 11.0. The van der Waals surface area contributed by atoms with Crippen molar-refractivity contribution in [2.45, 2.75) is 11.4 Å². The van der Waals surface area contributed by atoms with E-state index in [2.05, 4.69) is 5.16 Å². The summed E-state index contributed by atoms with van der Waals surface area (Å²) >= 11 is 6.02. The quantitative estimate of drug-likeness (QED) is 0.721. The molecule has 1 fully saturated rings. The van der Waals surface area contributed by atoms with E-state index in [1.807, 2.05) is 0 Å². The number of hydrogen-bond acceptors (Lipinski definition) is 5. The second kappa shape index (κ2) is 3.69. The summed E-state index contributed by atoms with van der Waals surface area (Å²) in [5.74, 6) is 0. The first-order chi connectivity index (χ1) is 8.09. The fraction of sp³-hybridized carbons (Fsp3) is 0.300. The van der Waals surface area contributed by atoms with Crippen LogP contribution in [0.15, 0.2) is 29.4 Å². The van der Waals surface area contributed by atoms with Gasteiger partial charge < -0.3 is 4.84 Å². The lowest BCUT2D eigenvalue weighted by Gasteiger charge is -2.07. The van der Waals surface area contributed by atoms with Crippen molar-refractivity contribution in [2.75, 3.05) is 6.61 Å². The maximum Gasteiger partial charge on any atom is 0.280 e. The highest BCUT2D eigenvalue weighted by Gasteiger charge is 2.51. The molecule has 0 N–H and O–H groups in total. The van der Waals surface area contributed by atoms with Gasteiger partial charge in [0.15, 0.2) is 11.4 Å². The lowest BCUT2D eigenvalue weighted by molar-refractivity contribution is 0.0683. The molecule has 7 heteroatoms. The van der Waals surface area contributed by atoms with Crippen molar-refractivity contribution in [1.29, 1.82) is 0 Å². The van der Waals surface area contributed by atoms with Gasteiger partial charge in [-0.05, 0) is 6.07 Å². The zero-order valence-corrected chi connectivity index (χ0v) is 10.1. The van der Waals surface area contributed by atoms with Gasteiger partial charge in [0, 0.05) is 10.6 Å². The third kappa shape index (κ3) is 1.64. The van der Waals surface area contributed by atoms with Crippen molar-refractivity contribution in [3.8, 4) is 0 Å². The van der Waals surface area contributed by atoms with Crippen LogP contribution in [0.5, 0.6) is 0 Å². The highest BCUT2D eigenvalue weighted by Crippen LogP contribution is 2.32. The normalized spacial score (nSPS) is 29.6. The summed E-state index contributed by atoms with van der Waals surface area (Å²) in [5.41, 5.74) is 0.883. The van der Waals surface area contributed by atoms with Crippen LogP contribution in [-0.4, -0.2) is 32.1 Å². The third-order valence-electron chi connectivity index (χ3n) is 2.75. The monoisotopic (exact) mass is 273 g/mol. The third-order valence-corrected chi connectivity index (χ3v) is 4.69. The van der Waals surface area contributed by atoms with Gasteiger partial charge in [-0.1, -0.05) is 35.0 Å². The molecule has 0 aromatic heterocycles. The summed E-state index contributed by atoms with van der Waals surface area (Å²) in [5, 5.41) is 3.39. The van der Waals surface area contributed by atoms with Gasteiger partial charge in [0.1, 0.15) is 12.3 Å². The van der Waals surface area contributed by atoms with Crippen molar-refractivity contribution < 1.29 is 17.4 Å². The molecule has 0 spiro atoms. The lowest BCUT2D eigenvalue weighted by Crippen LogP contribution is -2.31. The molecular formula is C10H8ClNO4S. The predicted molar refractivity (Wildman–Crippen MR) is 61.5 cm³/mol. The molecular weight excluding hydrogens is 266 g/mol. The van der Waals surface area contributed by atoms with Gasteiger partial charge >= 0.3 is 0 Å². The Balaban J connectivity index is 2.09. The minimum atomic E-state index is -3.65. The van der Waals surface area contributed by atoms with Gasteiger partial charge in [-0.15, -0.1) is 0 Å². The Kier molecular flexibility index (Phi) is 2.39. The van der Waals surface area contributed by atoms with Crippen molar-refractivity contribution in [3.63, 3.8) is 0 Å². The molecule has 2 atom stereocenters. The molecule has 17 heavy (non-hydrogen) atoms. The number of nitrogens with zero attached hydrogens (tertiary/aromatic N) is 1. The van der Waals surface area contributed by atoms with Crippen molar-refractivity contribution in [3.05, 3.63) is 34.9 Å². The topological polar surface area (TPSA) is 65.0 Å². The largest absolute Gasteiger partial charge is 0.388 e. The molecule has 1 aromatic carbocycles. The average Bonchev–Trinajstić information content (AvgIpc) is 2.82. The van der Waals surface area contributed by atoms with E-state index in [4.69, 9.17) is 20.6 Å². The molecule has 1 saturated heterocycles. The molecule has 2 aliphatic heterocycles. The maximum absolute atomic E-state index is 11.7. The molecule has 0 radical (unpaired) electrons. The van der Waals surface area contributed by atoms with Crippen LogP contribution in [-0.2, 0) is 19.1 Å². The van der Waals surface area contributed by atoms with Crippen molar-refractivity contribution in [2.24, 2.45) is 5.16 Å². The molecule has 0 aliphatic carbocycles. The van der Waals surface area contributed by atoms with E-state index < -0.39 is 21.5 Å². The fourth-order valence-electron chi connectivity index (χ4n) is 1.95.